The topological polar surface area (TPSA) is 180 Å². The molecule has 0 saturated heterocycles. The van der Waals surface area contributed by atoms with Gasteiger partial charge in [-0.15, -0.1) is 0 Å². The van der Waals surface area contributed by atoms with E-state index in [9.17, 15) is 39.5 Å². The van der Waals surface area contributed by atoms with Crippen LogP contribution in [0.2, 0.25) is 0 Å². The molecular weight excluding hydrogens is 1080 g/mol. The van der Waals surface area contributed by atoms with Gasteiger partial charge in [-0.1, -0.05) is 109 Å². The van der Waals surface area contributed by atoms with Crippen molar-refractivity contribution in [1.29, 1.82) is 0 Å². The molecule has 0 saturated carbocycles. The van der Waals surface area contributed by atoms with Gasteiger partial charge in [0.25, 0.3) is 0 Å². The Kier molecular flexibility index (Phi) is 21.1. The molecule has 1 heterocycles. The molecule has 11 nitrogen and oxygen atoms in total. The van der Waals surface area contributed by atoms with E-state index in [1.165, 1.54) is 31.8 Å². The summed E-state index contributed by atoms with van der Waals surface area (Å²) in [5.41, 5.74) is -16.9. The Hall–Kier alpha value is -5.51. The lowest BCUT2D eigenvalue weighted by molar-refractivity contribution is -0.696. The van der Waals surface area contributed by atoms with E-state index in [2.05, 4.69) is 210 Å². The van der Waals surface area contributed by atoms with E-state index in [1.807, 2.05) is 0 Å². The van der Waals surface area contributed by atoms with Crippen molar-refractivity contribution in [2.24, 2.45) is 0 Å². The quantitative estimate of drug-likeness (QED) is 0.0347. The molecule has 392 valence electrons. The average molecular weight is 1120 g/mol. The molecule has 25 heteroatoms. The number of rotatable bonds is 14. The largest absolute Gasteiger partial charge is 0.741 e. The number of aryl methyl sites for hydroxylation is 2. The highest BCUT2D eigenvalue weighted by Gasteiger charge is 2.46. The van der Waals surface area contributed by atoms with Crippen LogP contribution < -0.4 is 36.4 Å². The minimum absolute atomic E-state index is 0.996. The summed E-state index contributed by atoms with van der Waals surface area (Å²) in [6, 6.07) is 67.4. The zero-order valence-electron chi connectivity index (χ0n) is 37.9. The first-order valence-corrected chi connectivity index (χ1v) is 29.4. The van der Waals surface area contributed by atoms with Crippen molar-refractivity contribution in [3.8, 4) is 0 Å². The normalized spacial score (nSPS) is 12.5. The first kappa shape index (κ1) is 60.0. The van der Waals surface area contributed by atoms with Gasteiger partial charge in [0, 0.05) is 12.8 Å². The summed E-state index contributed by atoms with van der Waals surface area (Å²) >= 11 is 0. The maximum absolute atomic E-state index is 10.7. The molecule has 0 spiro atoms. The van der Waals surface area contributed by atoms with Gasteiger partial charge in [-0.05, 0) is 72.8 Å². The second kappa shape index (κ2) is 25.6. The van der Waals surface area contributed by atoms with E-state index < -0.39 is 61.4 Å². The van der Waals surface area contributed by atoms with Crippen LogP contribution >= 0.6 is 14.5 Å². The van der Waals surface area contributed by atoms with Gasteiger partial charge in [0.05, 0.1) is 25.4 Å². The van der Waals surface area contributed by atoms with Crippen molar-refractivity contribution in [2.45, 2.75) is 42.5 Å². The fourth-order valence-electron chi connectivity index (χ4n) is 7.45. The van der Waals surface area contributed by atoms with E-state index in [1.54, 1.807) is 0 Å². The molecule has 0 aliphatic rings. The summed E-state index contributed by atoms with van der Waals surface area (Å²) in [5.74, 6) is 0. The highest BCUT2D eigenvalue weighted by molar-refractivity contribution is 7.96. The van der Waals surface area contributed by atoms with E-state index in [4.69, 9.17) is 38.9 Å². The van der Waals surface area contributed by atoms with Gasteiger partial charge in [0.2, 0.25) is 6.33 Å². The van der Waals surface area contributed by atoms with Crippen LogP contribution in [-0.4, -0.2) is 72.3 Å². The van der Waals surface area contributed by atoms with Crippen LogP contribution in [-0.2, 0) is 43.4 Å². The van der Waals surface area contributed by atoms with Crippen molar-refractivity contribution in [2.75, 3.05) is 12.3 Å². The fraction of sp³-hybridized carbons (Fsp3) is 0.188. The van der Waals surface area contributed by atoms with Crippen LogP contribution in [0.15, 0.2) is 201 Å². The molecule has 0 fully saturated rings. The Balaban J connectivity index is 0.000000397. The Morgan fingerprint density at radius 1 is 0.397 bits per heavy atom. The second-order valence-corrected chi connectivity index (χ2v) is 26.7. The Labute approximate surface area is 417 Å². The summed E-state index contributed by atoms with van der Waals surface area (Å²) in [6.45, 7) is 1.99. The third-order valence-electron chi connectivity index (χ3n) is 10.6. The van der Waals surface area contributed by atoms with Gasteiger partial charge in [0.1, 0.15) is 58.7 Å². The zero-order chi connectivity index (χ0) is 54.2. The molecule has 0 atom stereocenters. The van der Waals surface area contributed by atoms with Crippen molar-refractivity contribution in [3.05, 3.63) is 201 Å². The highest BCUT2D eigenvalue weighted by atomic mass is 32.2. The fourth-order valence-corrected chi connectivity index (χ4v) is 16.1. The van der Waals surface area contributed by atoms with Crippen molar-refractivity contribution in [3.63, 3.8) is 0 Å². The number of alkyl halides is 9. The SMILES string of the molecule is O=S(=O)([O-])C(F)(F)F.O=S(=O)([O-])C(F)(F)F.O=S(=O)([O-])C(F)(F)F.c1ccc([P+](CCCn2cc[n+](CCC[P+](c3ccccc3)(c3ccccc3)c3ccccc3)c2)(c2ccccc2)c2ccccc2)cc1. The third-order valence-corrected chi connectivity index (χ3v) is 21.4. The molecule has 0 N–H and O–H groups in total. The van der Waals surface area contributed by atoms with Crippen LogP contribution in [0.5, 0.6) is 0 Å². The lowest BCUT2D eigenvalue weighted by atomic mass is 10.3. The smallest absolute Gasteiger partial charge is 0.485 e. The molecular formula is C48H45F9N2O9P2S3. The van der Waals surface area contributed by atoms with Crippen LogP contribution in [0, 0.1) is 0 Å². The molecule has 0 radical (unpaired) electrons. The van der Waals surface area contributed by atoms with Gasteiger partial charge in [-0.3, -0.25) is 0 Å². The Morgan fingerprint density at radius 3 is 0.836 bits per heavy atom. The maximum Gasteiger partial charge on any atom is 0.485 e. The molecule has 0 aliphatic carbocycles. The summed E-state index contributed by atoms with van der Waals surface area (Å²) < 4.78 is 181. The van der Waals surface area contributed by atoms with Crippen LogP contribution in [0.1, 0.15) is 12.8 Å². The number of halogens is 9. The van der Waals surface area contributed by atoms with E-state index in [-0.39, 0.29) is 0 Å². The lowest BCUT2D eigenvalue weighted by Crippen LogP contribution is -2.36. The van der Waals surface area contributed by atoms with Crippen molar-refractivity contribution >= 4 is 76.7 Å². The van der Waals surface area contributed by atoms with E-state index >= 15 is 0 Å². The molecule has 7 aromatic rings. The molecule has 0 aliphatic heterocycles. The molecule has 73 heavy (non-hydrogen) atoms. The van der Waals surface area contributed by atoms with Crippen LogP contribution in [0.4, 0.5) is 39.5 Å². The molecule has 0 bridgehead atoms. The number of imidazole rings is 1. The lowest BCUT2D eigenvalue weighted by Gasteiger charge is -2.27. The van der Waals surface area contributed by atoms with Gasteiger partial charge >= 0.3 is 16.5 Å². The van der Waals surface area contributed by atoms with Gasteiger partial charge in [-0.2, -0.15) is 39.5 Å². The summed E-state index contributed by atoms with van der Waals surface area (Å²) in [4.78, 5) is 0. The van der Waals surface area contributed by atoms with Crippen molar-refractivity contribution < 1.29 is 83.0 Å². The highest BCUT2D eigenvalue weighted by Crippen LogP contribution is 2.57. The molecule has 0 amide bonds. The number of aromatic nitrogens is 2. The third kappa shape index (κ3) is 16.7. The predicted octanol–water partition coefficient (Wildman–Crippen LogP) is 7.70. The number of nitrogens with zero attached hydrogens (tertiary/aromatic N) is 2. The summed E-state index contributed by atoms with van der Waals surface area (Å²) in [6.07, 6.45) is 11.3. The van der Waals surface area contributed by atoms with E-state index in [0.717, 1.165) is 38.3 Å². The second-order valence-electron chi connectivity index (χ2n) is 15.4. The standard InChI is InChI=1S/C45H45N2P2.3CHF3O3S/c1-7-21-40(22-8-1)48(41-23-9-2-10-24-41,42-25-11-3-12-26-42)37-19-33-46-35-36-47(39-46)34-20-38-49(43-27-13-4-14-28-43,44-29-15-5-16-30-44)45-31-17-6-18-32-45;3*2-1(3,4)8(5,6)7/h1-18,21-32,35-36,39H,19-20,33-34,37-38H2;3*(H,5,6,7)/q+3;;;/p-3. The number of hydrogen-bond acceptors (Lipinski definition) is 9. The van der Waals surface area contributed by atoms with Gasteiger partial charge in [0.15, 0.2) is 30.4 Å². The molecule has 1 aromatic heterocycles. The predicted molar refractivity (Wildman–Crippen MR) is 261 cm³/mol. The summed E-state index contributed by atoms with van der Waals surface area (Å²) in [7, 11) is -21.9. The first-order chi connectivity index (χ1) is 34.0. The average Bonchev–Trinajstić information content (AvgIpc) is 3.79. The molecule has 0 unspecified atom stereocenters. The Morgan fingerprint density at radius 2 is 0.616 bits per heavy atom. The van der Waals surface area contributed by atoms with Gasteiger partial charge in [-0.25, -0.2) is 34.4 Å². The monoisotopic (exact) mass is 1120 g/mol. The van der Waals surface area contributed by atoms with Crippen LogP contribution in [0.25, 0.3) is 0 Å². The van der Waals surface area contributed by atoms with Crippen LogP contribution in [0.3, 0.4) is 0 Å². The molecule has 7 rings (SSSR count). The minimum Gasteiger partial charge on any atom is -0.741 e. The number of hydrogen-bond donors (Lipinski definition) is 0. The molecule has 6 aromatic carbocycles. The van der Waals surface area contributed by atoms with Gasteiger partial charge < -0.3 is 13.7 Å². The first-order valence-electron chi connectivity index (χ1n) is 21.2. The Bertz CT molecular complexity index is 2670. The minimum atomic E-state index is -6.09. The summed E-state index contributed by atoms with van der Waals surface area (Å²) in [5, 5.41) is 8.73. The van der Waals surface area contributed by atoms with E-state index in [0.29, 0.717) is 0 Å². The van der Waals surface area contributed by atoms with Crippen molar-refractivity contribution in [1.82, 2.24) is 4.57 Å². The maximum atomic E-state index is 10.7. The number of benzene rings is 6. The zero-order valence-corrected chi connectivity index (χ0v) is 42.1.